The molecular formula is C22H30N4O3. The zero-order chi connectivity index (χ0) is 20.4. The van der Waals surface area contributed by atoms with Crippen LogP contribution in [0.25, 0.3) is 10.9 Å². The summed E-state index contributed by atoms with van der Waals surface area (Å²) in [5, 5.41) is 0.994. The maximum Gasteiger partial charge on any atom is 0.270 e. The predicted molar refractivity (Wildman–Crippen MR) is 112 cm³/mol. The molecule has 1 N–H and O–H groups in total. The van der Waals surface area contributed by atoms with Crippen molar-refractivity contribution in [2.75, 3.05) is 46.4 Å². The molecule has 1 aromatic carbocycles. The third kappa shape index (κ3) is 4.24. The second kappa shape index (κ2) is 8.45. The van der Waals surface area contributed by atoms with Crippen molar-refractivity contribution in [2.45, 2.75) is 32.2 Å². The number of amides is 2. The zero-order valence-electron chi connectivity index (χ0n) is 17.3. The molecule has 4 rings (SSSR count). The molecule has 2 amide bonds. The predicted octanol–water partition coefficient (Wildman–Crippen LogP) is 2.34. The van der Waals surface area contributed by atoms with E-state index in [9.17, 15) is 9.59 Å². The molecular weight excluding hydrogens is 368 g/mol. The topological polar surface area (TPSA) is 68.9 Å². The molecule has 2 aromatic rings. The summed E-state index contributed by atoms with van der Waals surface area (Å²) in [6.45, 7) is 6.22. The molecule has 0 bridgehead atoms. The quantitative estimate of drug-likeness (QED) is 0.858. The molecule has 2 fully saturated rings. The van der Waals surface area contributed by atoms with Crippen LogP contribution in [-0.4, -0.2) is 83.9 Å². The van der Waals surface area contributed by atoms with Crippen molar-refractivity contribution in [1.82, 2.24) is 19.7 Å². The number of benzene rings is 1. The number of carbonyl (C=O) groups excluding carboxylic acids is 2. The molecule has 2 saturated heterocycles. The average molecular weight is 399 g/mol. The Morgan fingerprint density at radius 3 is 2.62 bits per heavy atom. The fourth-order valence-corrected chi connectivity index (χ4v) is 4.38. The van der Waals surface area contributed by atoms with Crippen molar-refractivity contribution in [3.63, 3.8) is 0 Å². The summed E-state index contributed by atoms with van der Waals surface area (Å²) in [4.78, 5) is 34.8. The third-order valence-corrected chi connectivity index (χ3v) is 6.20. The van der Waals surface area contributed by atoms with Gasteiger partial charge in [0.2, 0.25) is 5.91 Å². The van der Waals surface area contributed by atoms with E-state index in [0.29, 0.717) is 31.4 Å². The molecule has 29 heavy (non-hydrogen) atoms. The van der Waals surface area contributed by atoms with E-state index < -0.39 is 0 Å². The lowest BCUT2D eigenvalue weighted by Gasteiger charge is -2.38. The number of likely N-dealkylation sites (tertiary alicyclic amines) is 1. The van der Waals surface area contributed by atoms with E-state index in [0.717, 1.165) is 49.1 Å². The van der Waals surface area contributed by atoms with Gasteiger partial charge in [0.1, 0.15) is 11.4 Å². The second-order valence-corrected chi connectivity index (χ2v) is 8.14. The fraction of sp³-hybridized carbons (Fsp3) is 0.545. The molecule has 0 radical (unpaired) electrons. The van der Waals surface area contributed by atoms with Gasteiger partial charge >= 0.3 is 0 Å². The van der Waals surface area contributed by atoms with Crippen LogP contribution in [0.4, 0.5) is 0 Å². The molecule has 0 aliphatic carbocycles. The van der Waals surface area contributed by atoms with Crippen LogP contribution in [0.2, 0.25) is 0 Å². The van der Waals surface area contributed by atoms with Crippen LogP contribution >= 0.6 is 0 Å². The van der Waals surface area contributed by atoms with E-state index in [2.05, 4.69) is 16.8 Å². The first-order chi connectivity index (χ1) is 14.0. The van der Waals surface area contributed by atoms with Gasteiger partial charge in [0, 0.05) is 55.7 Å². The van der Waals surface area contributed by atoms with Gasteiger partial charge in [-0.2, -0.15) is 0 Å². The van der Waals surface area contributed by atoms with Gasteiger partial charge in [0.25, 0.3) is 5.91 Å². The van der Waals surface area contributed by atoms with Crippen LogP contribution in [0.1, 0.15) is 36.7 Å². The fourth-order valence-electron chi connectivity index (χ4n) is 4.38. The highest BCUT2D eigenvalue weighted by atomic mass is 16.5. The van der Waals surface area contributed by atoms with Crippen molar-refractivity contribution in [3.8, 4) is 5.75 Å². The standard InChI is InChI=1S/C22H30N4O3/c1-16-5-3-4-8-26(16)21(27)15-24-9-11-25(12-10-24)22(28)20-13-17-6-7-18(29-2)14-19(17)23-20/h6-7,13-14,16,23H,3-5,8-12,15H2,1-2H3. The third-order valence-electron chi connectivity index (χ3n) is 6.20. The normalized spacial score (nSPS) is 20.8. The number of nitrogens with zero attached hydrogens (tertiary/aromatic N) is 3. The molecule has 0 saturated carbocycles. The number of ether oxygens (including phenoxy) is 1. The summed E-state index contributed by atoms with van der Waals surface area (Å²) < 4.78 is 5.25. The van der Waals surface area contributed by atoms with Crippen molar-refractivity contribution in [1.29, 1.82) is 0 Å². The van der Waals surface area contributed by atoms with Gasteiger partial charge in [-0.25, -0.2) is 0 Å². The number of rotatable bonds is 4. The Bertz CT molecular complexity index is 885. The number of H-pyrrole nitrogens is 1. The van der Waals surface area contributed by atoms with Crippen LogP contribution in [0.3, 0.4) is 0 Å². The Morgan fingerprint density at radius 1 is 1.10 bits per heavy atom. The summed E-state index contributed by atoms with van der Waals surface area (Å²) in [6, 6.07) is 7.98. The minimum Gasteiger partial charge on any atom is -0.497 e. The maximum absolute atomic E-state index is 12.9. The lowest BCUT2D eigenvalue weighted by molar-refractivity contribution is -0.136. The Hall–Kier alpha value is -2.54. The molecule has 3 heterocycles. The average Bonchev–Trinajstić information content (AvgIpc) is 3.17. The molecule has 2 aliphatic rings. The van der Waals surface area contributed by atoms with Crippen molar-refractivity contribution in [2.24, 2.45) is 0 Å². The summed E-state index contributed by atoms with van der Waals surface area (Å²) in [6.07, 6.45) is 3.42. The summed E-state index contributed by atoms with van der Waals surface area (Å²) in [5.41, 5.74) is 1.49. The molecule has 2 aliphatic heterocycles. The summed E-state index contributed by atoms with van der Waals surface area (Å²) >= 11 is 0. The number of piperazine rings is 1. The number of nitrogens with one attached hydrogen (secondary N) is 1. The minimum atomic E-state index is 0.01000. The van der Waals surface area contributed by atoms with Gasteiger partial charge in [-0.1, -0.05) is 0 Å². The smallest absolute Gasteiger partial charge is 0.270 e. The van der Waals surface area contributed by atoms with Crippen LogP contribution in [0.15, 0.2) is 24.3 Å². The highest BCUT2D eigenvalue weighted by molar-refractivity contribution is 5.98. The van der Waals surface area contributed by atoms with Crippen LogP contribution in [-0.2, 0) is 4.79 Å². The van der Waals surface area contributed by atoms with Crippen molar-refractivity contribution < 1.29 is 14.3 Å². The number of methoxy groups -OCH3 is 1. The van der Waals surface area contributed by atoms with E-state index in [4.69, 9.17) is 4.74 Å². The molecule has 1 aromatic heterocycles. The summed E-state index contributed by atoms with van der Waals surface area (Å²) in [5.74, 6) is 0.997. The van der Waals surface area contributed by atoms with E-state index in [1.54, 1.807) is 7.11 Å². The number of carbonyl (C=O) groups is 2. The molecule has 1 atom stereocenters. The monoisotopic (exact) mass is 398 g/mol. The van der Waals surface area contributed by atoms with Crippen molar-refractivity contribution >= 4 is 22.7 Å². The number of hydrogen-bond donors (Lipinski definition) is 1. The second-order valence-electron chi connectivity index (χ2n) is 8.14. The first-order valence-corrected chi connectivity index (χ1v) is 10.5. The van der Waals surface area contributed by atoms with E-state index >= 15 is 0 Å². The van der Waals surface area contributed by atoms with Gasteiger partial charge in [-0.15, -0.1) is 0 Å². The van der Waals surface area contributed by atoms with Gasteiger partial charge in [-0.05, 0) is 44.4 Å². The SMILES string of the molecule is COc1ccc2cc(C(=O)N3CCN(CC(=O)N4CCCCC4C)CC3)[nH]c2c1. The highest BCUT2D eigenvalue weighted by Gasteiger charge is 2.28. The maximum atomic E-state index is 12.9. The van der Waals surface area contributed by atoms with Crippen LogP contribution < -0.4 is 4.74 Å². The number of piperidine rings is 1. The molecule has 156 valence electrons. The lowest BCUT2D eigenvalue weighted by atomic mass is 10.0. The van der Waals surface area contributed by atoms with E-state index in [1.807, 2.05) is 34.1 Å². The zero-order valence-corrected chi connectivity index (χ0v) is 17.3. The Balaban J connectivity index is 1.33. The Morgan fingerprint density at radius 2 is 1.90 bits per heavy atom. The summed E-state index contributed by atoms with van der Waals surface area (Å²) in [7, 11) is 1.63. The van der Waals surface area contributed by atoms with Crippen LogP contribution in [0, 0.1) is 0 Å². The molecule has 1 unspecified atom stereocenters. The number of fused-ring (bicyclic) bond motifs is 1. The highest BCUT2D eigenvalue weighted by Crippen LogP contribution is 2.22. The van der Waals surface area contributed by atoms with Gasteiger partial charge < -0.3 is 19.5 Å². The molecule has 0 spiro atoms. The Labute approximate surface area is 171 Å². The number of hydrogen-bond acceptors (Lipinski definition) is 4. The van der Waals surface area contributed by atoms with Gasteiger partial charge in [0.15, 0.2) is 0 Å². The van der Waals surface area contributed by atoms with Gasteiger partial charge in [-0.3, -0.25) is 14.5 Å². The molecule has 7 nitrogen and oxygen atoms in total. The van der Waals surface area contributed by atoms with E-state index in [1.165, 1.54) is 6.42 Å². The van der Waals surface area contributed by atoms with Crippen molar-refractivity contribution in [3.05, 3.63) is 30.0 Å². The first kappa shape index (κ1) is 19.8. The molecule has 7 heteroatoms. The largest absolute Gasteiger partial charge is 0.497 e. The number of aromatic nitrogens is 1. The minimum absolute atomic E-state index is 0.01000. The van der Waals surface area contributed by atoms with E-state index in [-0.39, 0.29) is 11.8 Å². The number of aromatic amines is 1. The van der Waals surface area contributed by atoms with Crippen LogP contribution in [0.5, 0.6) is 5.75 Å². The Kier molecular flexibility index (Phi) is 5.76. The lowest BCUT2D eigenvalue weighted by Crippen LogP contribution is -2.53. The van der Waals surface area contributed by atoms with Gasteiger partial charge in [0.05, 0.1) is 13.7 Å². The first-order valence-electron chi connectivity index (χ1n) is 10.5.